The zero-order chi connectivity index (χ0) is 17.7. The van der Waals surface area contributed by atoms with Gasteiger partial charge in [-0.2, -0.15) is 5.26 Å². The van der Waals surface area contributed by atoms with E-state index in [0.717, 1.165) is 11.3 Å². The summed E-state index contributed by atoms with van der Waals surface area (Å²) in [5.74, 6) is -0.360. The minimum atomic E-state index is -0.584. The van der Waals surface area contributed by atoms with E-state index in [1.54, 1.807) is 18.2 Å². The van der Waals surface area contributed by atoms with Crippen molar-refractivity contribution in [2.45, 2.75) is 38.6 Å². The molecule has 1 amide bonds. The van der Waals surface area contributed by atoms with Gasteiger partial charge >= 0.3 is 0 Å². The molecule has 0 aromatic heterocycles. The van der Waals surface area contributed by atoms with Crippen molar-refractivity contribution in [3.05, 3.63) is 59.7 Å². The minimum Gasteiger partial charge on any atom is -0.356 e. The monoisotopic (exact) mass is 327 g/mol. The van der Waals surface area contributed by atoms with Crippen molar-refractivity contribution in [1.29, 1.82) is 5.26 Å². The summed E-state index contributed by atoms with van der Waals surface area (Å²) in [6.07, 6.45) is 5.83. The van der Waals surface area contributed by atoms with E-state index in [9.17, 15) is 9.18 Å². The zero-order valence-electron chi connectivity index (χ0n) is 14.2. The minimum absolute atomic E-state index is 0.00721. The highest BCUT2D eigenvalue weighted by molar-refractivity contribution is 5.79. The van der Waals surface area contributed by atoms with Crippen LogP contribution in [0.25, 0.3) is 0 Å². The van der Waals surface area contributed by atoms with Crippen molar-refractivity contribution < 1.29 is 9.18 Å². The molecule has 0 fully saturated rings. The molecule has 2 rings (SSSR count). The standard InChI is InChI=1S/C19H22FN3O/c1-14(15-4-6-16(20)7-5-15)12-18(24)22-17-8-10-23(11-9-17)19(2,3)13-21/h4-10,14H,11-12H2,1-3H3,(H,22,24). The molecule has 0 saturated heterocycles. The first-order chi connectivity index (χ1) is 11.3. The van der Waals surface area contributed by atoms with Gasteiger partial charge in [0.05, 0.1) is 6.07 Å². The molecule has 0 bridgehead atoms. The molecule has 1 atom stereocenters. The summed E-state index contributed by atoms with van der Waals surface area (Å²) in [6, 6.07) is 8.46. The Kier molecular flexibility index (Phi) is 5.40. The van der Waals surface area contributed by atoms with Gasteiger partial charge in [0.2, 0.25) is 5.91 Å². The van der Waals surface area contributed by atoms with Crippen LogP contribution in [0.3, 0.4) is 0 Å². The van der Waals surface area contributed by atoms with Gasteiger partial charge in [-0.05, 0) is 49.6 Å². The smallest absolute Gasteiger partial charge is 0.224 e. The fraction of sp³-hybridized carbons (Fsp3) is 0.368. The van der Waals surface area contributed by atoms with Gasteiger partial charge in [-0.3, -0.25) is 4.79 Å². The number of nitrogens with one attached hydrogen (secondary N) is 1. The molecule has 1 aromatic carbocycles. The van der Waals surface area contributed by atoms with Crippen LogP contribution in [-0.2, 0) is 4.79 Å². The van der Waals surface area contributed by atoms with E-state index in [4.69, 9.17) is 5.26 Å². The lowest BCUT2D eigenvalue weighted by Crippen LogP contribution is -2.40. The maximum atomic E-state index is 12.9. The predicted octanol–water partition coefficient (Wildman–Crippen LogP) is 3.45. The molecule has 5 heteroatoms. The molecule has 0 aliphatic carbocycles. The summed E-state index contributed by atoms with van der Waals surface area (Å²) in [5.41, 5.74) is 1.08. The van der Waals surface area contributed by atoms with Crippen LogP contribution in [0.15, 0.2) is 48.3 Å². The molecule has 1 aliphatic rings. The molecule has 1 N–H and O–H groups in total. The van der Waals surface area contributed by atoms with E-state index >= 15 is 0 Å². The van der Waals surface area contributed by atoms with Gasteiger partial charge in [0.1, 0.15) is 11.4 Å². The van der Waals surface area contributed by atoms with E-state index in [-0.39, 0.29) is 17.6 Å². The van der Waals surface area contributed by atoms with E-state index in [1.807, 2.05) is 37.9 Å². The van der Waals surface area contributed by atoms with Gasteiger partial charge in [0.25, 0.3) is 0 Å². The summed E-state index contributed by atoms with van der Waals surface area (Å²) < 4.78 is 12.9. The first-order valence-electron chi connectivity index (χ1n) is 7.93. The summed E-state index contributed by atoms with van der Waals surface area (Å²) in [6.45, 7) is 6.20. The molecule has 1 heterocycles. The highest BCUT2D eigenvalue weighted by Crippen LogP contribution is 2.20. The van der Waals surface area contributed by atoms with E-state index in [0.29, 0.717) is 13.0 Å². The first kappa shape index (κ1) is 17.7. The molecular weight excluding hydrogens is 305 g/mol. The highest BCUT2D eigenvalue weighted by atomic mass is 19.1. The topological polar surface area (TPSA) is 56.1 Å². The van der Waals surface area contributed by atoms with Crippen molar-refractivity contribution in [1.82, 2.24) is 10.2 Å². The van der Waals surface area contributed by atoms with Crippen LogP contribution in [0.1, 0.15) is 38.7 Å². The Balaban J connectivity index is 1.89. The van der Waals surface area contributed by atoms with Crippen molar-refractivity contribution in [2.24, 2.45) is 0 Å². The third kappa shape index (κ3) is 4.45. The van der Waals surface area contributed by atoms with Gasteiger partial charge in [0, 0.05) is 24.9 Å². The Hall–Kier alpha value is -2.61. The summed E-state index contributed by atoms with van der Waals surface area (Å²) in [4.78, 5) is 14.1. The van der Waals surface area contributed by atoms with Crippen LogP contribution in [0.4, 0.5) is 4.39 Å². The number of nitrogens with zero attached hydrogens (tertiary/aromatic N) is 2. The molecule has 1 unspecified atom stereocenters. The maximum Gasteiger partial charge on any atom is 0.224 e. The number of halogens is 1. The molecule has 1 aromatic rings. The third-order valence-corrected chi connectivity index (χ3v) is 4.15. The lowest BCUT2D eigenvalue weighted by Gasteiger charge is -2.33. The van der Waals surface area contributed by atoms with Gasteiger partial charge in [0.15, 0.2) is 0 Å². The summed E-state index contributed by atoms with van der Waals surface area (Å²) >= 11 is 0. The normalized spacial score (nSPS) is 15.5. The predicted molar refractivity (Wildman–Crippen MR) is 91.2 cm³/mol. The average Bonchev–Trinajstić information content (AvgIpc) is 2.55. The third-order valence-electron chi connectivity index (χ3n) is 4.15. The zero-order valence-corrected chi connectivity index (χ0v) is 14.2. The SMILES string of the molecule is CC(CC(=O)NC1=CCN(C(C)(C)C#N)C=C1)c1ccc(F)cc1. The number of rotatable bonds is 5. The number of carbonyl (C=O) groups is 1. The van der Waals surface area contributed by atoms with Gasteiger partial charge in [-0.25, -0.2) is 4.39 Å². The molecule has 24 heavy (non-hydrogen) atoms. The van der Waals surface area contributed by atoms with E-state index in [2.05, 4.69) is 11.4 Å². The van der Waals surface area contributed by atoms with Crippen molar-refractivity contribution in [2.75, 3.05) is 6.54 Å². The second kappa shape index (κ2) is 7.31. The van der Waals surface area contributed by atoms with Crippen molar-refractivity contribution in [3.63, 3.8) is 0 Å². The van der Waals surface area contributed by atoms with Gasteiger partial charge in [-0.1, -0.05) is 19.1 Å². The Labute approximate surface area is 142 Å². The first-order valence-corrected chi connectivity index (χ1v) is 7.93. The quantitative estimate of drug-likeness (QED) is 0.901. The number of hydrogen-bond acceptors (Lipinski definition) is 3. The van der Waals surface area contributed by atoms with E-state index in [1.165, 1.54) is 12.1 Å². The second-order valence-electron chi connectivity index (χ2n) is 6.50. The number of hydrogen-bond donors (Lipinski definition) is 1. The largest absolute Gasteiger partial charge is 0.356 e. The summed E-state index contributed by atoms with van der Waals surface area (Å²) in [5, 5.41) is 12.0. The number of benzene rings is 1. The number of amides is 1. The lowest BCUT2D eigenvalue weighted by atomic mass is 9.97. The van der Waals surface area contributed by atoms with Crippen LogP contribution < -0.4 is 5.32 Å². The van der Waals surface area contributed by atoms with Crippen LogP contribution in [-0.4, -0.2) is 22.9 Å². The van der Waals surface area contributed by atoms with Crippen molar-refractivity contribution >= 4 is 5.91 Å². The fourth-order valence-corrected chi connectivity index (χ4v) is 2.47. The molecular formula is C19H22FN3O. The molecule has 0 saturated carbocycles. The Morgan fingerprint density at radius 1 is 1.42 bits per heavy atom. The van der Waals surface area contributed by atoms with Crippen LogP contribution in [0.5, 0.6) is 0 Å². The number of allylic oxidation sites excluding steroid dienone is 1. The number of carbonyl (C=O) groups excluding carboxylic acids is 1. The Morgan fingerprint density at radius 3 is 2.62 bits per heavy atom. The van der Waals surface area contributed by atoms with E-state index < -0.39 is 5.54 Å². The molecule has 0 spiro atoms. The number of nitriles is 1. The lowest BCUT2D eigenvalue weighted by molar-refractivity contribution is -0.120. The van der Waals surface area contributed by atoms with Crippen LogP contribution in [0.2, 0.25) is 0 Å². The summed E-state index contributed by atoms with van der Waals surface area (Å²) in [7, 11) is 0. The fourth-order valence-electron chi connectivity index (χ4n) is 2.47. The van der Waals surface area contributed by atoms with Gasteiger partial charge in [-0.15, -0.1) is 0 Å². The maximum absolute atomic E-state index is 12.9. The molecule has 1 aliphatic heterocycles. The molecule has 0 radical (unpaired) electrons. The molecule has 4 nitrogen and oxygen atoms in total. The van der Waals surface area contributed by atoms with Crippen molar-refractivity contribution in [3.8, 4) is 6.07 Å². The Bertz CT molecular complexity index is 698. The highest BCUT2D eigenvalue weighted by Gasteiger charge is 2.24. The van der Waals surface area contributed by atoms with Crippen LogP contribution in [0, 0.1) is 17.1 Å². The van der Waals surface area contributed by atoms with Gasteiger partial charge < -0.3 is 10.2 Å². The molecule has 126 valence electrons. The Morgan fingerprint density at radius 2 is 2.08 bits per heavy atom. The average molecular weight is 327 g/mol. The van der Waals surface area contributed by atoms with Crippen LogP contribution >= 0.6 is 0 Å². The second-order valence-corrected chi connectivity index (χ2v) is 6.50.